The molecule has 0 spiro atoms. The van der Waals surface area contributed by atoms with Crippen LogP contribution >= 0.6 is 11.6 Å². The number of esters is 1. The van der Waals surface area contributed by atoms with E-state index in [1.165, 1.54) is 10.7 Å². The van der Waals surface area contributed by atoms with E-state index in [4.69, 9.17) is 16.3 Å². The Morgan fingerprint density at radius 2 is 1.79 bits per heavy atom. The first-order chi connectivity index (χ1) is 13.8. The predicted octanol–water partition coefficient (Wildman–Crippen LogP) is 3.30. The third-order valence-electron chi connectivity index (χ3n) is 4.13. The van der Waals surface area contributed by atoms with E-state index in [9.17, 15) is 14.4 Å². The van der Waals surface area contributed by atoms with Crippen molar-refractivity contribution >= 4 is 29.2 Å². The zero-order chi connectivity index (χ0) is 21.0. The van der Waals surface area contributed by atoms with E-state index < -0.39 is 29.6 Å². The van der Waals surface area contributed by atoms with Gasteiger partial charge in [0.15, 0.2) is 6.61 Å². The van der Waals surface area contributed by atoms with Crippen LogP contribution in [0.1, 0.15) is 21.7 Å². The summed E-state index contributed by atoms with van der Waals surface area (Å²) in [7, 11) is 0. The Labute approximate surface area is 171 Å². The van der Waals surface area contributed by atoms with Crippen LogP contribution in [0.25, 0.3) is 5.69 Å². The minimum atomic E-state index is -0.974. The quantitative estimate of drug-likeness (QED) is 0.650. The maximum absolute atomic E-state index is 12.3. The first-order valence-electron chi connectivity index (χ1n) is 8.74. The van der Waals surface area contributed by atoms with Gasteiger partial charge in [0, 0.05) is 22.5 Å². The van der Waals surface area contributed by atoms with Crippen LogP contribution in [0.2, 0.25) is 5.02 Å². The SMILES string of the molecule is Cc1ccccc1NC(=O)COC(=O)c1nn(-c2ccc(Cl)cc2)c(C)cc1=O. The Morgan fingerprint density at radius 3 is 2.48 bits per heavy atom. The van der Waals surface area contributed by atoms with E-state index >= 15 is 0 Å². The van der Waals surface area contributed by atoms with Gasteiger partial charge in [0.05, 0.1) is 5.69 Å². The van der Waals surface area contributed by atoms with Crippen molar-refractivity contribution in [3.63, 3.8) is 0 Å². The van der Waals surface area contributed by atoms with Gasteiger partial charge >= 0.3 is 5.97 Å². The zero-order valence-electron chi connectivity index (χ0n) is 15.8. The molecule has 0 radical (unpaired) electrons. The van der Waals surface area contributed by atoms with Crippen LogP contribution in [0, 0.1) is 13.8 Å². The van der Waals surface area contributed by atoms with Crippen molar-refractivity contribution in [3.8, 4) is 5.69 Å². The third kappa shape index (κ3) is 4.89. The molecule has 0 aliphatic carbocycles. The lowest BCUT2D eigenvalue weighted by Gasteiger charge is -2.11. The highest BCUT2D eigenvalue weighted by molar-refractivity contribution is 6.30. The maximum Gasteiger partial charge on any atom is 0.363 e. The number of hydrogen-bond donors (Lipinski definition) is 1. The Kier molecular flexibility index (Phi) is 6.09. The second kappa shape index (κ2) is 8.70. The molecule has 29 heavy (non-hydrogen) atoms. The highest BCUT2D eigenvalue weighted by Gasteiger charge is 2.18. The molecule has 0 saturated carbocycles. The summed E-state index contributed by atoms with van der Waals surface area (Å²) in [6.07, 6.45) is 0. The smallest absolute Gasteiger partial charge is 0.363 e. The molecule has 2 aromatic carbocycles. The van der Waals surface area contributed by atoms with E-state index in [0.29, 0.717) is 22.1 Å². The first kappa shape index (κ1) is 20.3. The topological polar surface area (TPSA) is 90.3 Å². The summed E-state index contributed by atoms with van der Waals surface area (Å²) in [5.41, 5.74) is 1.65. The molecule has 8 heteroatoms. The molecule has 1 amide bonds. The number of amides is 1. The summed E-state index contributed by atoms with van der Waals surface area (Å²) >= 11 is 5.89. The minimum absolute atomic E-state index is 0.408. The fourth-order valence-electron chi connectivity index (χ4n) is 2.63. The molecule has 3 aromatic rings. The Hall–Kier alpha value is -3.45. The van der Waals surface area contributed by atoms with E-state index in [-0.39, 0.29) is 0 Å². The molecular formula is C21H18ClN3O4. The fourth-order valence-corrected chi connectivity index (χ4v) is 2.76. The van der Waals surface area contributed by atoms with Crippen molar-refractivity contribution in [1.29, 1.82) is 0 Å². The number of nitrogens with one attached hydrogen (secondary N) is 1. The number of hydrogen-bond acceptors (Lipinski definition) is 5. The van der Waals surface area contributed by atoms with E-state index in [2.05, 4.69) is 10.4 Å². The number of carbonyl (C=O) groups excluding carboxylic acids is 2. The number of aryl methyl sites for hydroxylation is 2. The van der Waals surface area contributed by atoms with Gasteiger partial charge in [0.1, 0.15) is 0 Å². The first-order valence-corrected chi connectivity index (χ1v) is 9.12. The molecule has 0 fully saturated rings. The molecule has 0 unspecified atom stereocenters. The molecule has 0 bridgehead atoms. The lowest BCUT2D eigenvalue weighted by Crippen LogP contribution is -2.27. The van der Waals surface area contributed by atoms with Gasteiger partial charge in [-0.05, 0) is 49.7 Å². The van der Waals surface area contributed by atoms with Gasteiger partial charge < -0.3 is 10.1 Å². The van der Waals surface area contributed by atoms with Gasteiger partial charge in [-0.15, -0.1) is 0 Å². The standard InChI is InChI=1S/C21H18ClN3O4/c1-13-5-3-4-6-17(13)23-19(27)12-29-21(28)20-18(26)11-14(2)25(24-20)16-9-7-15(22)8-10-16/h3-11H,12H2,1-2H3,(H,23,27). The number of halogens is 1. The van der Waals surface area contributed by atoms with Gasteiger partial charge in [-0.25, -0.2) is 9.48 Å². The van der Waals surface area contributed by atoms with Crippen LogP contribution in [-0.4, -0.2) is 28.3 Å². The second-order valence-electron chi connectivity index (χ2n) is 6.33. The molecule has 148 valence electrons. The molecule has 0 aliphatic rings. The summed E-state index contributed by atoms with van der Waals surface area (Å²) in [5.74, 6) is -1.49. The van der Waals surface area contributed by atoms with Crippen molar-refractivity contribution in [3.05, 3.63) is 86.8 Å². The van der Waals surface area contributed by atoms with Gasteiger partial charge in [-0.1, -0.05) is 29.8 Å². The molecule has 0 atom stereocenters. The summed E-state index contributed by atoms with van der Waals surface area (Å²) in [4.78, 5) is 36.6. The molecule has 3 rings (SSSR count). The van der Waals surface area contributed by atoms with Gasteiger partial charge in [-0.2, -0.15) is 5.10 Å². The van der Waals surface area contributed by atoms with Crippen molar-refractivity contribution in [2.24, 2.45) is 0 Å². The highest BCUT2D eigenvalue weighted by Crippen LogP contribution is 2.14. The van der Waals surface area contributed by atoms with Crippen LogP contribution in [0.15, 0.2) is 59.4 Å². The number of benzene rings is 2. The van der Waals surface area contributed by atoms with E-state index in [1.54, 1.807) is 43.3 Å². The number of aromatic nitrogens is 2. The third-order valence-corrected chi connectivity index (χ3v) is 4.38. The van der Waals surface area contributed by atoms with E-state index in [1.807, 2.05) is 19.1 Å². The number of ether oxygens (including phenoxy) is 1. The van der Waals surface area contributed by atoms with E-state index in [0.717, 1.165) is 5.56 Å². The van der Waals surface area contributed by atoms with Crippen LogP contribution in [-0.2, 0) is 9.53 Å². The van der Waals surface area contributed by atoms with Crippen LogP contribution in [0.5, 0.6) is 0 Å². The molecule has 0 aliphatic heterocycles. The van der Waals surface area contributed by atoms with Crippen molar-refractivity contribution < 1.29 is 14.3 Å². The van der Waals surface area contributed by atoms with Crippen molar-refractivity contribution in [1.82, 2.24) is 9.78 Å². The molecular weight excluding hydrogens is 394 g/mol. The predicted molar refractivity (Wildman–Crippen MR) is 110 cm³/mol. The number of carbonyl (C=O) groups is 2. The summed E-state index contributed by atoms with van der Waals surface area (Å²) < 4.78 is 6.42. The number of nitrogens with zero attached hydrogens (tertiary/aromatic N) is 2. The summed E-state index contributed by atoms with van der Waals surface area (Å²) in [6, 6.07) is 15.2. The summed E-state index contributed by atoms with van der Waals surface area (Å²) in [6.45, 7) is 2.99. The van der Waals surface area contributed by atoms with Gasteiger partial charge in [-0.3, -0.25) is 9.59 Å². The molecule has 1 N–H and O–H groups in total. The fraction of sp³-hybridized carbons (Fsp3) is 0.143. The number of anilines is 1. The van der Waals surface area contributed by atoms with Crippen LogP contribution in [0.3, 0.4) is 0 Å². The Morgan fingerprint density at radius 1 is 1.10 bits per heavy atom. The zero-order valence-corrected chi connectivity index (χ0v) is 16.6. The lowest BCUT2D eigenvalue weighted by atomic mass is 10.2. The lowest BCUT2D eigenvalue weighted by molar-refractivity contribution is -0.119. The average molecular weight is 412 g/mol. The largest absolute Gasteiger partial charge is 0.451 e. The number of rotatable bonds is 5. The monoisotopic (exact) mass is 411 g/mol. The maximum atomic E-state index is 12.3. The van der Waals surface area contributed by atoms with Gasteiger partial charge in [0.25, 0.3) is 5.91 Å². The normalized spacial score (nSPS) is 10.4. The van der Waals surface area contributed by atoms with Crippen LogP contribution < -0.4 is 10.7 Å². The highest BCUT2D eigenvalue weighted by atomic mass is 35.5. The van der Waals surface area contributed by atoms with Crippen molar-refractivity contribution in [2.45, 2.75) is 13.8 Å². The molecule has 7 nitrogen and oxygen atoms in total. The Bertz CT molecular complexity index is 1120. The number of para-hydroxylation sites is 1. The second-order valence-corrected chi connectivity index (χ2v) is 6.76. The van der Waals surface area contributed by atoms with Crippen LogP contribution in [0.4, 0.5) is 5.69 Å². The van der Waals surface area contributed by atoms with Gasteiger partial charge in [0.2, 0.25) is 11.1 Å². The minimum Gasteiger partial charge on any atom is -0.451 e. The molecule has 1 heterocycles. The Balaban J connectivity index is 1.74. The van der Waals surface area contributed by atoms with Crippen molar-refractivity contribution in [2.75, 3.05) is 11.9 Å². The summed E-state index contributed by atoms with van der Waals surface area (Å²) in [5, 5.41) is 7.30. The average Bonchev–Trinajstić information content (AvgIpc) is 2.69. The molecule has 1 aromatic heterocycles. The molecule has 0 saturated heterocycles.